The lowest BCUT2D eigenvalue weighted by molar-refractivity contribution is 0.0946. The number of rotatable bonds is 9. The number of thiazole rings is 1. The summed E-state index contributed by atoms with van der Waals surface area (Å²) in [5, 5.41) is 5.82. The fraction of sp³-hybridized carbons (Fsp3) is 0.360. The third-order valence-corrected chi connectivity index (χ3v) is 6.78. The summed E-state index contributed by atoms with van der Waals surface area (Å²) in [6.07, 6.45) is 5.59. The van der Waals surface area contributed by atoms with Crippen LogP contribution in [0.4, 0.5) is 5.82 Å². The molecule has 9 heteroatoms. The van der Waals surface area contributed by atoms with Crippen LogP contribution in [-0.4, -0.2) is 52.1 Å². The average molecular weight is 477 g/mol. The van der Waals surface area contributed by atoms with Gasteiger partial charge in [0.1, 0.15) is 17.3 Å². The van der Waals surface area contributed by atoms with E-state index in [1.807, 2.05) is 41.8 Å². The molecular formula is C25H28N6O2S. The Bertz CT molecular complexity index is 1210. The summed E-state index contributed by atoms with van der Waals surface area (Å²) in [5.41, 5.74) is 3.60. The Morgan fingerprint density at radius 2 is 1.97 bits per heavy atom. The number of imidazole rings is 1. The highest BCUT2D eigenvalue weighted by Gasteiger charge is 2.14. The summed E-state index contributed by atoms with van der Waals surface area (Å²) in [7, 11) is 0. The zero-order chi connectivity index (χ0) is 23.2. The number of hydrogen-bond donors (Lipinski definition) is 2. The Hall–Kier alpha value is -3.30. The molecule has 34 heavy (non-hydrogen) atoms. The number of fused-ring (bicyclic) bond motifs is 1. The fourth-order valence-electron chi connectivity index (χ4n) is 4.03. The van der Waals surface area contributed by atoms with Crippen molar-refractivity contribution in [3.63, 3.8) is 0 Å². The molecule has 4 heterocycles. The number of nitrogens with zero attached hydrogens (tertiary/aromatic N) is 4. The minimum atomic E-state index is -0.144. The number of para-hydroxylation sites is 2. The SMILES string of the molecule is O=C(NCc1ccnc(N2CCOCC2)c1)c1csc(CCCCc2nc3ccccc3[nH]2)n1. The summed E-state index contributed by atoms with van der Waals surface area (Å²) in [6, 6.07) is 12.0. The van der Waals surface area contributed by atoms with Crippen LogP contribution in [0, 0.1) is 0 Å². The highest BCUT2D eigenvalue weighted by Crippen LogP contribution is 2.17. The Balaban J connectivity index is 1.07. The van der Waals surface area contributed by atoms with Crippen molar-refractivity contribution in [3.8, 4) is 0 Å². The molecule has 1 saturated heterocycles. The molecule has 0 radical (unpaired) electrons. The zero-order valence-corrected chi connectivity index (χ0v) is 19.8. The van der Waals surface area contributed by atoms with Gasteiger partial charge in [-0.2, -0.15) is 0 Å². The second-order valence-electron chi connectivity index (χ2n) is 8.34. The maximum absolute atomic E-state index is 12.6. The third-order valence-electron chi connectivity index (χ3n) is 5.88. The number of pyridine rings is 1. The number of unbranched alkanes of at least 4 members (excludes halogenated alkanes) is 1. The minimum Gasteiger partial charge on any atom is -0.378 e. The molecule has 3 aromatic heterocycles. The molecule has 1 fully saturated rings. The van der Waals surface area contributed by atoms with E-state index >= 15 is 0 Å². The minimum absolute atomic E-state index is 0.144. The maximum Gasteiger partial charge on any atom is 0.271 e. The maximum atomic E-state index is 12.6. The van der Waals surface area contributed by atoms with E-state index in [0.29, 0.717) is 25.5 Å². The summed E-state index contributed by atoms with van der Waals surface area (Å²) >= 11 is 1.55. The summed E-state index contributed by atoms with van der Waals surface area (Å²) in [5.74, 6) is 1.80. The van der Waals surface area contributed by atoms with Crippen LogP contribution in [0.15, 0.2) is 48.0 Å². The van der Waals surface area contributed by atoms with Crippen LogP contribution in [-0.2, 0) is 24.1 Å². The van der Waals surface area contributed by atoms with E-state index in [-0.39, 0.29) is 5.91 Å². The molecule has 1 aromatic carbocycles. The number of anilines is 1. The van der Waals surface area contributed by atoms with Crippen molar-refractivity contribution in [2.45, 2.75) is 32.2 Å². The number of hydrogen-bond acceptors (Lipinski definition) is 7. The molecule has 5 rings (SSSR count). The average Bonchev–Trinajstić information content (AvgIpc) is 3.53. The number of nitrogens with one attached hydrogen (secondary N) is 2. The zero-order valence-electron chi connectivity index (χ0n) is 19.0. The van der Waals surface area contributed by atoms with Gasteiger partial charge >= 0.3 is 0 Å². The molecule has 2 N–H and O–H groups in total. The van der Waals surface area contributed by atoms with E-state index in [1.165, 1.54) is 0 Å². The van der Waals surface area contributed by atoms with Gasteiger partial charge in [0.15, 0.2) is 0 Å². The molecule has 0 saturated carbocycles. The van der Waals surface area contributed by atoms with Gasteiger partial charge in [0.05, 0.1) is 29.3 Å². The first kappa shape index (κ1) is 22.5. The summed E-state index contributed by atoms with van der Waals surface area (Å²) in [6.45, 7) is 3.55. The number of benzene rings is 1. The van der Waals surface area contributed by atoms with Gasteiger partial charge in [0.25, 0.3) is 5.91 Å². The van der Waals surface area contributed by atoms with Crippen LogP contribution >= 0.6 is 11.3 Å². The number of carbonyl (C=O) groups excluding carboxylic acids is 1. The number of aromatic nitrogens is 4. The number of H-pyrrole nitrogens is 1. The number of morpholine rings is 1. The van der Waals surface area contributed by atoms with Crippen LogP contribution < -0.4 is 10.2 Å². The smallest absolute Gasteiger partial charge is 0.271 e. The fourth-order valence-corrected chi connectivity index (χ4v) is 4.85. The van der Waals surface area contributed by atoms with Gasteiger partial charge in [-0.25, -0.2) is 15.0 Å². The van der Waals surface area contributed by atoms with Gasteiger partial charge in [-0.3, -0.25) is 4.79 Å². The predicted octanol–water partition coefficient (Wildman–Crippen LogP) is 3.75. The molecule has 0 bridgehead atoms. The van der Waals surface area contributed by atoms with E-state index in [2.05, 4.69) is 30.2 Å². The van der Waals surface area contributed by atoms with Gasteiger partial charge in [0.2, 0.25) is 0 Å². The first-order valence-electron chi connectivity index (χ1n) is 11.7. The molecule has 176 valence electrons. The normalized spacial score (nSPS) is 13.9. The van der Waals surface area contributed by atoms with Gasteiger partial charge in [-0.05, 0) is 49.1 Å². The first-order valence-corrected chi connectivity index (χ1v) is 12.6. The van der Waals surface area contributed by atoms with Crippen molar-refractivity contribution < 1.29 is 9.53 Å². The summed E-state index contributed by atoms with van der Waals surface area (Å²) in [4.78, 5) is 31.8. The number of aryl methyl sites for hydroxylation is 2. The molecule has 1 aliphatic rings. The molecule has 4 aromatic rings. The number of carbonyl (C=O) groups is 1. The van der Waals surface area contributed by atoms with Crippen LogP contribution in [0.5, 0.6) is 0 Å². The van der Waals surface area contributed by atoms with Gasteiger partial charge in [-0.1, -0.05) is 12.1 Å². The second kappa shape index (κ2) is 10.8. The van der Waals surface area contributed by atoms with Crippen LogP contribution in [0.2, 0.25) is 0 Å². The molecule has 1 aliphatic heterocycles. The lowest BCUT2D eigenvalue weighted by atomic mass is 10.2. The number of ether oxygens (including phenoxy) is 1. The van der Waals surface area contributed by atoms with Gasteiger partial charge < -0.3 is 19.9 Å². The predicted molar refractivity (Wildman–Crippen MR) is 133 cm³/mol. The van der Waals surface area contributed by atoms with Crippen molar-refractivity contribution in [1.29, 1.82) is 0 Å². The quantitative estimate of drug-likeness (QED) is 0.357. The van der Waals surface area contributed by atoms with Crippen LogP contribution in [0.25, 0.3) is 11.0 Å². The van der Waals surface area contributed by atoms with Crippen molar-refractivity contribution in [3.05, 3.63) is 70.1 Å². The van der Waals surface area contributed by atoms with Gasteiger partial charge in [0, 0.05) is 37.6 Å². The topological polar surface area (TPSA) is 96.0 Å². The number of aromatic amines is 1. The summed E-state index contributed by atoms with van der Waals surface area (Å²) < 4.78 is 5.41. The van der Waals surface area contributed by atoms with E-state index in [4.69, 9.17) is 4.74 Å². The first-order chi connectivity index (χ1) is 16.7. The van der Waals surface area contributed by atoms with E-state index in [9.17, 15) is 4.79 Å². The third kappa shape index (κ3) is 5.60. The van der Waals surface area contributed by atoms with Crippen molar-refractivity contribution in [1.82, 2.24) is 25.3 Å². The highest BCUT2D eigenvalue weighted by molar-refractivity contribution is 7.09. The number of amides is 1. The van der Waals surface area contributed by atoms with Gasteiger partial charge in [-0.15, -0.1) is 11.3 Å². The molecular weight excluding hydrogens is 448 g/mol. The lowest BCUT2D eigenvalue weighted by Crippen LogP contribution is -2.36. The molecule has 1 amide bonds. The van der Waals surface area contributed by atoms with Crippen LogP contribution in [0.1, 0.15) is 39.7 Å². The largest absolute Gasteiger partial charge is 0.378 e. The Morgan fingerprint density at radius 3 is 2.85 bits per heavy atom. The second-order valence-corrected chi connectivity index (χ2v) is 9.28. The monoisotopic (exact) mass is 476 g/mol. The highest BCUT2D eigenvalue weighted by atomic mass is 32.1. The Morgan fingerprint density at radius 1 is 1.12 bits per heavy atom. The lowest BCUT2D eigenvalue weighted by Gasteiger charge is -2.28. The Labute approximate surface area is 202 Å². The Kier molecular flexibility index (Phi) is 7.11. The molecule has 0 unspecified atom stereocenters. The molecule has 0 spiro atoms. The van der Waals surface area contributed by atoms with Crippen molar-refractivity contribution in [2.24, 2.45) is 0 Å². The van der Waals surface area contributed by atoms with E-state index in [1.54, 1.807) is 17.5 Å². The molecule has 0 aliphatic carbocycles. The van der Waals surface area contributed by atoms with Crippen molar-refractivity contribution >= 4 is 34.1 Å². The van der Waals surface area contributed by atoms with E-state index < -0.39 is 0 Å². The van der Waals surface area contributed by atoms with Crippen molar-refractivity contribution in [2.75, 3.05) is 31.2 Å². The molecule has 0 atom stereocenters. The molecule has 8 nitrogen and oxygen atoms in total. The van der Waals surface area contributed by atoms with E-state index in [0.717, 1.165) is 72.0 Å². The standard InChI is InChI=1S/C25H28N6O2S/c32-25(27-16-18-9-10-26-23(15-18)31-11-13-33-14-12-31)21-17-34-24(30-21)8-4-3-7-22-28-19-5-1-2-6-20(19)29-22/h1-2,5-6,9-10,15,17H,3-4,7-8,11-14,16H2,(H,27,32)(H,28,29). The van der Waals surface area contributed by atoms with Crippen LogP contribution in [0.3, 0.4) is 0 Å².